The largest absolute Gasteiger partial charge is 0.507 e. The summed E-state index contributed by atoms with van der Waals surface area (Å²) in [6, 6.07) is 14.1. The first-order chi connectivity index (χ1) is 13.6. The number of phenolic OH excluding ortho intramolecular Hbond substituents is 2. The number of aliphatic imine (C=N–C) groups is 2. The van der Waals surface area contributed by atoms with Crippen molar-refractivity contribution < 1.29 is 19.7 Å². The Labute approximate surface area is 171 Å². The summed E-state index contributed by atoms with van der Waals surface area (Å²) in [5, 5.41) is 19.8. The molecule has 2 aromatic rings. The topological polar surface area (TPSA) is 83.6 Å². The van der Waals surface area contributed by atoms with Crippen LogP contribution in [-0.2, 0) is 9.47 Å². The fourth-order valence-corrected chi connectivity index (χ4v) is 3.55. The maximum absolute atomic E-state index is 9.91. The Hall–Kier alpha value is -2.70. The van der Waals surface area contributed by atoms with Gasteiger partial charge in [0.2, 0.25) is 0 Å². The summed E-state index contributed by atoms with van der Waals surface area (Å²) in [6.45, 7) is 8.34. The van der Waals surface area contributed by atoms with E-state index in [0.717, 1.165) is 0 Å². The quantitative estimate of drug-likeness (QED) is 0.725. The van der Waals surface area contributed by atoms with Crippen LogP contribution in [0.5, 0.6) is 11.5 Å². The van der Waals surface area contributed by atoms with Gasteiger partial charge in [-0.1, -0.05) is 24.3 Å². The number of hydrogen-bond acceptors (Lipinski definition) is 6. The lowest BCUT2D eigenvalue weighted by atomic mass is 9.86. The number of aromatic hydroxyl groups is 2. The van der Waals surface area contributed by atoms with Crippen LogP contribution in [0.25, 0.3) is 0 Å². The molecule has 0 saturated carbocycles. The molecule has 2 aromatic carbocycles. The molecular formula is C23H28N2O4. The van der Waals surface area contributed by atoms with Gasteiger partial charge in [-0.25, -0.2) is 0 Å². The maximum atomic E-state index is 9.91. The van der Waals surface area contributed by atoms with Crippen molar-refractivity contribution in [1.82, 2.24) is 0 Å². The van der Waals surface area contributed by atoms with Gasteiger partial charge in [-0.2, -0.15) is 0 Å². The Morgan fingerprint density at radius 3 is 1.48 bits per heavy atom. The Morgan fingerprint density at radius 1 is 0.724 bits per heavy atom. The molecule has 6 heteroatoms. The molecule has 0 amide bonds. The van der Waals surface area contributed by atoms with E-state index in [1.807, 2.05) is 39.8 Å². The summed E-state index contributed by atoms with van der Waals surface area (Å²) in [7, 11) is 0. The summed E-state index contributed by atoms with van der Waals surface area (Å²) in [4.78, 5) is 9.03. The fourth-order valence-electron chi connectivity index (χ4n) is 3.55. The smallest absolute Gasteiger partial charge is 0.164 e. The van der Waals surface area contributed by atoms with Crippen LogP contribution >= 0.6 is 0 Å². The van der Waals surface area contributed by atoms with Gasteiger partial charge in [-0.05, 0) is 52.0 Å². The Balaban J connectivity index is 1.77. The molecule has 0 radical (unpaired) electrons. The second kappa shape index (κ2) is 7.97. The molecule has 1 fully saturated rings. The van der Waals surface area contributed by atoms with E-state index >= 15 is 0 Å². The van der Waals surface area contributed by atoms with Crippen LogP contribution < -0.4 is 0 Å². The molecule has 6 nitrogen and oxygen atoms in total. The van der Waals surface area contributed by atoms with E-state index in [1.165, 1.54) is 0 Å². The average molecular weight is 396 g/mol. The van der Waals surface area contributed by atoms with Gasteiger partial charge in [0, 0.05) is 23.6 Å². The van der Waals surface area contributed by atoms with E-state index in [2.05, 4.69) is 9.98 Å². The van der Waals surface area contributed by atoms with Crippen molar-refractivity contribution >= 4 is 12.4 Å². The van der Waals surface area contributed by atoms with Crippen LogP contribution in [0, 0.1) is 0 Å². The molecule has 2 atom stereocenters. The zero-order valence-electron chi connectivity index (χ0n) is 17.3. The first kappa shape index (κ1) is 21.0. The minimum Gasteiger partial charge on any atom is -0.507 e. The van der Waals surface area contributed by atoms with Crippen molar-refractivity contribution in [2.45, 2.75) is 44.7 Å². The molecule has 1 aliphatic heterocycles. The summed E-state index contributed by atoms with van der Waals surface area (Å²) in [6.07, 6.45) is 3.28. The molecule has 0 spiro atoms. The van der Waals surface area contributed by atoms with Gasteiger partial charge in [0.05, 0.1) is 13.1 Å². The maximum Gasteiger partial charge on any atom is 0.164 e. The van der Waals surface area contributed by atoms with Crippen molar-refractivity contribution in [2.75, 3.05) is 13.1 Å². The van der Waals surface area contributed by atoms with Gasteiger partial charge >= 0.3 is 0 Å². The lowest BCUT2D eigenvalue weighted by Crippen LogP contribution is -2.51. The van der Waals surface area contributed by atoms with Gasteiger partial charge in [0.25, 0.3) is 0 Å². The Bertz CT molecular complexity index is 851. The second-order valence-electron chi connectivity index (χ2n) is 8.12. The van der Waals surface area contributed by atoms with Crippen molar-refractivity contribution in [3.8, 4) is 11.5 Å². The molecule has 1 aliphatic rings. The molecule has 2 N–H and O–H groups in total. The molecule has 3 rings (SSSR count). The van der Waals surface area contributed by atoms with E-state index in [0.29, 0.717) is 24.2 Å². The van der Waals surface area contributed by atoms with E-state index in [4.69, 9.17) is 9.47 Å². The van der Waals surface area contributed by atoms with E-state index in [1.54, 1.807) is 48.8 Å². The first-order valence-electron chi connectivity index (χ1n) is 9.60. The van der Waals surface area contributed by atoms with Gasteiger partial charge in [-0.15, -0.1) is 0 Å². The lowest BCUT2D eigenvalue weighted by molar-refractivity contribution is -0.165. The minimum absolute atomic E-state index is 0.181. The predicted octanol–water partition coefficient (Wildman–Crippen LogP) is 3.94. The van der Waals surface area contributed by atoms with Crippen LogP contribution in [0.15, 0.2) is 58.5 Å². The molecule has 0 unspecified atom stereocenters. The number of rotatable bonds is 6. The number of para-hydroxylation sites is 2. The Kier molecular flexibility index (Phi) is 5.78. The van der Waals surface area contributed by atoms with Gasteiger partial charge in [-0.3, -0.25) is 9.98 Å². The molecule has 0 aromatic heterocycles. The number of hydrogen-bond donors (Lipinski definition) is 2. The van der Waals surface area contributed by atoms with Gasteiger partial charge < -0.3 is 19.7 Å². The normalized spacial score (nSPS) is 26.5. The molecular weight excluding hydrogens is 368 g/mol. The third-order valence-corrected chi connectivity index (χ3v) is 5.18. The zero-order chi connectivity index (χ0) is 21.1. The Morgan fingerprint density at radius 2 is 1.10 bits per heavy atom. The van der Waals surface area contributed by atoms with Crippen molar-refractivity contribution in [3.63, 3.8) is 0 Å². The fraction of sp³-hybridized carbons (Fsp3) is 0.391. The van der Waals surface area contributed by atoms with Gasteiger partial charge in [0.1, 0.15) is 22.7 Å². The van der Waals surface area contributed by atoms with Crippen molar-refractivity contribution in [3.05, 3.63) is 59.7 Å². The highest BCUT2D eigenvalue weighted by Gasteiger charge is 2.58. The van der Waals surface area contributed by atoms with Crippen LogP contribution in [-0.4, -0.2) is 52.7 Å². The number of phenols is 2. The molecule has 1 saturated heterocycles. The minimum atomic E-state index is -0.779. The second-order valence-corrected chi connectivity index (χ2v) is 8.12. The highest BCUT2D eigenvalue weighted by molar-refractivity contribution is 5.83. The van der Waals surface area contributed by atoms with Crippen molar-refractivity contribution in [2.24, 2.45) is 9.98 Å². The number of nitrogens with zero attached hydrogens (tertiary/aromatic N) is 2. The lowest BCUT2D eigenvalue weighted by Gasteiger charge is -2.35. The summed E-state index contributed by atoms with van der Waals surface area (Å²) in [5.41, 5.74) is -0.164. The summed E-state index contributed by atoms with van der Waals surface area (Å²) >= 11 is 0. The van der Waals surface area contributed by atoms with Crippen LogP contribution in [0.3, 0.4) is 0 Å². The number of benzene rings is 2. The summed E-state index contributed by atoms with van der Waals surface area (Å²) in [5.74, 6) is -0.418. The van der Waals surface area contributed by atoms with Crippen LogP contribution in [0.1, 0.15) is 38.8 Å². The molecule has 29 heavy (non-hydrogen) atoms. The van der Waals surface area contributed by atoms with E-state index < -0.39 is 17.0 Å². The number of ether oxygens (including phenoxy) is 2. The third-order valence-electron chi connectivity index (χ3n) is 5.18. The molecule has 0 aliphatic carbocycles. The first-order valence-corrected chi connectivity index (χ1v) is 9.60. The highest BCUT2D eigenvalue weighted by atomic mass is 16.8. The average Bonchev–Trinajstić information content (AvgIpc) is 2.82. The summed E-state index contributed by atoms with van der Waals surface area (Å²) < 4.78 is 12.4. The monoisotopic (exact) mass is 396 g/mol. The molecule has 154 valence electrons. The SMILES string of the molecule is CC1(C)O[C@@](C)(CN=Cc2ccccc2O)[C@](C)(CN=Cc2ccccc2O)O1. The highest BCUT2D eigenvalue weighted by Crippen LogP contribution is 2.44. The predicted molar refractivity (Wildman–Crippen MR) is 114 cm³/mol. The van der Waals surface area contributed by atoms with Crippen molar-refractivity contribution in [1.29, 1.82) is 0 Å². The van der Waals surface area contributed by atoms with Gasteiger partial charge in [0.15, 0.2) is 5.79 Å². The third kappa shape index (κ3) is 4.66. The van der Waals surface area contributed by atoms with Crippen LogP contribution in [0.2, 0.25) is 0 Å². The molecule has 1 heterocycles. The zero-order valence-corrected chi connectivity index (χ0v) is 17.3. The van der Waals surface area contributed by atoms with E-state index in [9.17, 15) is 10.2 Å². The standard InChI is InChI=1S/C23H28N2O4/c1-21(2)28-22(3,15-24-13-17-9-5-7-11-19(17)26)23(4,29-21)16-25-14-18-10-6-8-12-20(18)27/h5-14,26-27H,15-16H2,1-4H3/t22-,23-/m0/s1. The van der Waals surface area contributed by atoms with Crippen LogP contribution in [0.4, 0.5) is 0 Å². The molecule has 0 bridgehead atoms. The van der Waals surface area contributed by atoms with E-state index in [-0.39, 0.29) is 11.5 Å².